The summed E-state index contributed by atoms with van der Waals surface area (Å²) in [6.45, 7) is 12.2. The van der Waals surface area contributed by atoms with E-state index in [1.807, 2.05) is 84.0 Å². The Morgan fingerprint density at radius 3 is 2.39 bits per heavy atom. The molecular formula is C26H36N2O3. The van der Waals surface area contributed by atoms with Crippen molar-refractivity contribution in [3.8, 4) is 5.75 Å². The van der Waals surface area contributed by atoms with E-state index in [2.05, 4.69) is 5.32 Å². The summed E-state index contributed by atoms with van der Waals surface area (Å²) in [5, 5.41) is 3.03. The van der Waals surface area contributed by atoms with E-state index in [0.717, 1.165) is 28.7 Å². The first kappa shape index (κ1) is 24.4. The molecule has 1 N–H and O–H groups in total. The van der Waals surface area contributed by atoms with Crippen molar-refractivity contribution >= 4 is 11.8 Å². The Hall–Kier alpha value is -2.82. The van der Waals surface area contributed by atoms with Crippen LogP contribution in [0.15, 0.2) is 42.5 Å². The van der Waals surface area contributed by atoms with E-state index < -0.39 is 6.04 Å². The van der Waals surface area contributed by atoms with E-state index in [4.69, 9.17) is 4.74 Å². The van der Waals surface area contributed by atoms with Crippen LogP contribution in [0.3, 0.4) is 0 Å². The van der Waals surface area contributed by atoms with Gasteiger partial charge in [-0.25, -0.2) is 0 Å². The number of amides is 2. The van der Waals surface area contributed by atoms with E-state index in [0.29, 0.717) is 18.7 Å². The summed E-state index contributed by atoms with van der Waals surface area (Å²) in [4.78, 5) is 27.9. The minimum Gasteiger partial charge on any atom is -0.483 e. The molecule has 5 heteroatoms. The van der Waals surface area contributed by atoms with Gasteiger partial charge in [-0.05, 0) is 63.3 Å². The second-order valence-electron chi connectivity index (χ2n) is 8.24. The van der Waals surface area contributed by atoms with E-state index in [-0.39, 0.29) is 24.5 Å². The molecule has 0 heterocycles. The average molecular weight is 425 g/mol. The molecule has 31 heavy (non-hydrogen) atoms. The van der Waals surface area contributed by atoms with Crippen molar-refractivity contribution in [2.24, 2.45) is 0 Å². The Morgan fingerprint density at radius 2 is 1.74 bits per heavy atom. The van der Waals surface area contributed by atoms with Gasteiger partial charge in [-0.15, -0.1) is 0 Å². The number of nitrogens with zero attached hydrogens (tertiary/aromatic N) is 1. The molecule has 0 aromatic heterocycles. The second-order valence-corrected chi connectivity index (χ2v) is 8.24. The highest BCUT2D eigenvalue weighted by Gasteiger charge is 2.29. The van der Waals surface area contributed by atoms with Crippen molar-refractivity contribution in [3.05, 3.63) is 64.7 Å². The predicted octanol–water partition coefficient (Wildman–Crippen LogP) is 4.71. The van der Waals surface area contributed by atoms with Crippen LogP contribution in [-0.2, 0) is 16.1 Å². The number of hydrogen-bond acceptors (Lipinski definition) is 3. The summed E-state index contributed by atoms with van der Waals surface area (Å²) in [7, 11) is 0. The number of carbonyl (C=O) groups is 2. The summed E-state index contributed by atoms with van der Waals surface area (Å²) in [5.74, 6) is 0.374. The van der Waals surface area contributed by atoms with Crippen molar-refractivity contribution < 1.29 is 14.3 Å². The lowest BCUT2D eigenvalue weighted by Crippen LogP contribution is -2.51. The quantitative estimate of drug-likeness (QED) is 0.601. The zero-order valence-electron chi connectivity index (χ0n) is 19.7. The maximum atomic E-state index is 13.3. The topological polar surface area (TPSA) is 58.6 Å². The monoisotopic (exact) mass is 424 g/mol. The molecule has 0 spiro atoms. The lowest BCUT2D eigenvalue weighted by molar-refractivity contribution is -0.143. The van der Waals surface area contributed by atoms with Gasteiger partial charge in [0.2, 0.25) is 5.91 Å². The van der Waals surface area contributed by atoms with Crippen molar-refractivity contribution in [1.82, 2.24) is 10.2 Å². The first-order chi connectivity index (χ1) is 14.8. The number of ether oxygens (including phenoxy) is 1. The van der Waals surface area contributed by atoms with Gasteiger partial charge in [-0.3, -0.25) is 9.59 Å². The average Bonchev–Trinajstić information content (AvgIpc) is 2.74. The Kier molecular flexibility index (Phi) is 9.10. The van der Waals surface area contributed by atoms with E-state index in [1.165, 1.54) is 0 Å². The molecule has 2 aromatic rings. The molecule has 0 radical (unpaired) electrons. The first-order valence-corrected chi connectivity index (χ1v) is 11.1. The van der Waals surface area contributed by atoms with Gasteiger partial charge in [0.1, 0.15) is 11.8 Å². The summed E-state index contributed by atoms with van der Waals surface area (Å²) in [5.41, 5.74) is 4.24. The SMILES string of the molecule is CC[C@H](C)NC(=O)[C@H](CC)N(Cc1cccc(C)c1)C(=O)COc1cccc(C)c1C. The van der Waals surface area contributed by atoms with Gasteiger partial charge >= 0.3 is 0 Å². The summed E-state index contributed by atoms with van der Waals surface area (Å²) in [6.07, 6.45) is 1.37. The van der Waals surface area contributed by atoms with Crippen LogP contribution in [0, 0.1) is 20.8 Å². The van der Waals surface area contributed by atoms with Gasteiger partial charge in [-0.2, -0.15) is 0 Å². The molecule has 2 aromatic carbocycles. The molecule has 0 saturated carbocycles. The van der Waals surface area contributed by atoms with Crippen LogP contribution < -0.4 is 10.1 Å². The minimum atomic E-state index is -0.552. The molecule has 2 amide bonds. The number of nitrogens with one attached hydrogen (secondary N) is 1. The second kappa shape index (κ2) is 11.5. The maximum Gasteiger partial charge on any atom is 0.261 e. The smallest absolute Gasteiger partial charge is 0.261 e. The van der Waals surface area contributed by atoms with Gasteiger partial charge in [0.05, 0.1) is 0 Å². The van der Waals surface area contributed by atoms with Gasteiger partial charge in [0.15, 0.2) is 6.61 Å². The zero-order chi connectivity index (χ0) is 23.0. The molecule has 0 fully saturated rings. The zero-order valence-corrected chi connectivity index (χ0v) is 19.7. The summed E-state index contributed by atoms with van der Waals surface area (Å²) >= 11 is 0. The number of carbonyl (C=O) groups excluding carboxylic acids is 2. The molecule has 168 valence electrons. The molecule has 0 saturated heterocycles. The number of aryl methyl sites for hydroxylation is 2. The Balaban J connectivity index is 2.25. The van der Waals surface area contributed by atoms with Crippen LogP contribution in [0.4, 0.5) is 0 Å². The molecule has 0 aliphatic heterocycles. The molecule has 2 atom stereocenters. The minimum absolute atomic E-state index is 0.0589. The van der Waals surface area contributed by atoms with Crippen molar-refractivity contribution in [3.63, 3.8) is 0 Å². The Bertz CT molecular complexity index is 894. The molecule has 0 unspecified atom stereocenters. The third kappa shape index (κ3) is 6.84. The van der Waals surface area contributed by atoms with Gasteiger partial charge < -0.3 is 15.0 Å². The lowest BCUT2D eigenvalue weighted by Gasteiger charge is -2.31. The highest BCUT2D eigenvalue weighted by Crippen LogP contribution is 2.21. The fourth-order valence-electron chi connectivity index (χ4n) is 3.47. The largest absolute Gasteiger partial charge is 0.483 e. The van der Waals surface area contributed by atoms with Gasteiger partial charge in [0.25, 0.3) is 5.91 Å². The molecule has 0 aliphatic carbocycles. The molecule has 2 rings (SSSR count). The van der Waals surface area contributed by atoms with E-state index in [1.54, 1.807) is 4.90 Å². The third-order valence-electron chi connectivity index (χ3n) is 5.73. The van der Waals surface area contributed by atoms with Crippen LogP contribution in [-0.4, -0.2) is 35.4 Å². The first-order valence-electron chi connectivity index (χ1n) is 11.1. The fourth-order valence-corrected chi connectivity index (χ4v) is 3.47. The highest BCUT2D eigenvalue weighted by molar-refractivity contribution is 5.88. The fraction of sp³-hybridized carbons (Fsp3) is 0.462. The standard InChI is InChI=1S/C26H36N2O3/c1-7-20(5)27-26(30)23(8-2)28(16-22-13-9-11-18(3)15-22)25(29)17-31-24-14-10-12-19(4)21(24)6/h9-15,20,23H,7-8,16-17H2,1-6H3,(H,27,30)/t20-,23-/m0/s1. The Labute approximate surface area is 186 Å². The van der Waals surface area contributed by atoms with Crippen LogP contribution in [0.1, 0.15) is 55.9 Å². The van der Waals surface area contributed by atoms with Crippen LogP contribution in [0.2, 0.25) is 0 Å². The number of rotatable bonds is 10. The Morgan fingerprint density at radius 1 is 1.03 bits per heavy atom. The lowest BCUT2D eigenvalue weighted by atomic mass is 10.1. The van der Waals surface area contributed by atoms with Crippen LogP contribution in [0.5, 0.6) is 5.75 Å². The maximum absolute atomic E-state index is 13.3. The van der Waals surface area contributed by atoms with Crippen molar-refractivity contribution in [1.29, 1.82) is 0 Å². The number of benzene rings is 2. The highest BCUT2D eigenvalue weighted by atomic mass is 16.5. The van der Waals surface area contributed by atoms with Crippen LogP contribution >= 0.6 is 0 Å². The normalized spacial score (nSPS) is 12.7. The number of hydrogen-bond donors (Lipinski definition) is 1. The van der Waals surface area contributed by atoms with Crippen molar-refractivity contribution in [2.75, 3.05) is 6.61 Å². The van der Waals surface area contributed by atoms with E-state index >= 15 is 0 Å². The predicted molar refractivity (Wildman–Crippen MR) is 125 cm³/mol. The molecular weight excluding hydrogens is 388 g/mol. The van der Waals surface area contributed by atoms with E-state index in [9.17, 15) is 9.59 Å². The molecule has 5 nitrogen and oxygen atoms in total. The van der Waals surface area contributed by atoms with Gasteiger partial charge in [0, 0.05) is 12.6 Å². The third-order valence-corrected chi connectivity index (χ3v) is 5.73. The molecule has 0 bridgehead atoms. The van der Waals surface area contributed by atoms with Crippen molar-refractivity contribution in [2.45, 2.75) is 73.0 Å². The van der Waals surface area contributed by atoms with Crippen LogP contribution in [0.25, 0.3) is 0 Å². The van der Waals surface area contributed by atoms with Gasteiger partial charge in [-0.1, -0.05) is 55.8 Å². The summed E-state index contributed by atoms with van der Waals surface area (Å²) < 4.78 is 5.88. The molecule has 0 aliphatic rings. The summed E-state index contributed by atoms with van der Waals surface area (Å²) in [6, 6.07) is 13.3.